The monoisotopic (exact) mass is 400 g/mol. The van der Waals surface area contributed by atoms with E-state index in [4.69, 9.17) is 14.2 Å². The van der Waals surface area contributed by atoms with Crippen LogP contribution in [-0.4, -0.2) is 44.4 Å². The molecule has 0 saturated carbocycles. The van der Waals surface area contributed by atoms with Crippen LogP contribution >= 0.6 is 11.8 Å². The van der Waals surface area contributed by atoms with Gasteiger partial charge in [-0.2, -0.15) is 11.8 Å². The molecule has 1 fully saturated rings. The molecule has 0 N–H and O–H groups in total. The van der Waals surface area contributed by atoms with Crippen molar-refractivity contribution in [3.63, 3.8) is 0 Å². The van der Waals surface area contributed by atoms with Crippen LogP contribution in [0.1, 0.15) is 19.3 Å². The van der Waals surface area contributed by atoms with E-state index in [0.717, 1.165) is 36.5 Å². The third-order valence-corrected chi connectivity index (χ3v) is 6.44. The van der Waals surface area contributed by atoms with E-state index in [1.807, 2.05) is 30.3 Å². The Bertz CT molecular complexity index is 724. The van der Waals surface area contributed by atoms with Crippen molar-refractivity contribution in [2.75, 3.05) is 38.4 Å². The van der Waals surface area contributed by atoms with Crippen molar-refractivity contribution in [3.05, 3.63) is 54.6 Å². The first-order valence-electron chi connectivity index (χ1n) is 9.76. The third kappa shape index (κ3) is 5.52. The van der Waals surface area contributed by atoms with Crippen LogP contribution in [0.4, 0.5) is 0 Å². The standard InChI is InChI=1S/C23H28O4S/c1-25-22(24)23(12-15-26-16-13-23)18-28-17-5-14-27-21-10-8-20(9-11-21)19-6-3-2-4-7-19/h2-4,6-11H,5,12-18H2,1H3. The van der Waals surface area contributed by atoms with Gasteiger partial charge in [-0.05, 0) is 48.3 Å². The summed E-state index contributed by atoms with van der Waals surface area (Å²) in [4.78, 5) is 12.2. The van der Waals surface area contributed by atoms with Crippen LogP contribution in [0.15, 0.2) is 54.6 Å². The number of ether oxygens (including phenoxy) is 3. The van der Waals surface area contributed by atoms with E-state index >= 15 is 0 Å². The molecule has 0 atom stereocenters. The Balaban J connectivity index is 1.38. The van der Waals surface area contributed by atoms with Crippen molar-refractivity contribution in [2.45, 2.75) is 19.3 Å². The summed E-state index contributed by atoms with van der Waals surface area (Å²) < 4.78 is 16.3. The maximum Gasteiger partial charge on any atom is 0.312 e. The van der Waals surface area contributed by atoms with Crippen molar-refractivity contribution in [1.29, 1.82) is 0 Å². The minimum atomic E-state index is -0.383. The van der Waals surface area contributed by atoms with Gasteiger partial charge in [-0.3, -0.25) is 4.79 Å². The third-order valence-electron chi connectivity index (χ3n) is 5.11. The number of thioether (sulfide) groups is 1. The predicted octanol–water partition coefficient (Wildman–Crippen LogP) is 4.83. The SMILES string of the molecule is COC(=O)C1(CSCCCOc2ccc(-c3ccccc3)cc2)CCOCC1. The number of hydrogen-bond donors (Lipinski definition) is 0. The van der Waals surface area contributed by atoms with Gasteiger partial charge in [0.15, 0.2) is 0 Å². The Morgan fingerprint density at radius 2 is 1.71 bits per heavy atom. The zero-order chi connectivity index (χ0) is 19.7. The van der Waals surface area contributed by atoms with Gasteiger partial charge in [0.05, 0.1) is 19.1 Å². The summed E-state index contributed by atoms with van der Waals surface area (Å²) in [6.45, 7) is 1.95. The molecule has 0 aliphatic carbocycles. The van der Waals surface area contributed by atoms with Gasteiger partial charge in [0.25, 0.3) is 0 Å². The summed E-state index contributed by atoms with van der Waals surface area (Å²) in [5.74, 6) is 2.54. The quantitative estimate of drug-likeness (QED) is 0.446. The highest BCUT2D eigenvalue weighted by Gasteiger charge is 2.40. The second-order valence-electron chi connectivity index (χ2n) is 7.03. The van der Waals surface area contributed by atoms with Gasteiger partial charge >= 0.3 is 5.97 Å². The van der Waals surface area contributed by atoms with Gasteiger partial charge < -0.3 is 14.2 Å². The molecule has 3 rings (SSSR count). The minimum Gasteiger partial charge on any atom is -0.494 e. The fraction of sp³-hybridized carbons (Fsp3) is 0.435. The molecule has 2 aromatic rings. The molecule has 0 aromatic heterocycles. The van der Waals surface area contributed by atoms with Crippen molar-refractivity contribution in [3.8, 4) is 16.9 Å². The van der Waals surface area contributed by atoms with Crippen LogP contribution in [0.3, 0.4) is 0 Å². The summed E-state index contributed by atoms with van der Waals surface area (Å²) in [5, 5.41) is 0. The van der Waals surface area contributed by atoms with Crippen LogP contribution in [-0.2, 0) is 14.3 Å². The molecule has 1 saturated heterocycles. The summed E-state index contributed by atoms with van der Waals surface area (Å²) in [6.07, 6.45) is 2.44. The van der Waals surface area contributed by atoms with Crippen LogP contribution in [0.25, 0.3) is 11.1 Å². The van der Waals surface area contributed by atoms with Gasteiger partial charge in [0, 0.05) is 19.0 Å². The second kappa shape index (κ2) is 10.5. The molecular weight excluding hydrogens is 372 g/mol. The number of carbonyl (C=O) groups excluding carboxylic acids is 1. The first kappa shape index (κ1) is 20.7. The summed E-state index contributed by atoms with van der Waals surface area (Å²) in [7, 11) is 1.47. The first-order chi connectivity index (χ1) is 13.7. The zero-order valence-corrected chi connectivity index (χ0v) is 17.2. The summed E-state index contributed by atoms with van der Waals surface area (Å²) in [5.41, 5.74) is 2.01. The molecule has 0 spiro atoms. The minimum absolute atomic E-state index is 0.0990. The van der Waals surface area contributed by atoms with Crippen molar-refractivity contribution >= 4 is 17.7 Å². The van der Waals surface area contributed by atoms with E-state index in [0.29, 0.717) is 19.8 Å². The fourth-order valence-electron chi connectivity index (χ4n) is 3.38. The van der Waals surface area contributed by atoms with Gasteiger partial charge in [-0.15, -0.1) is 0 Å². The average molecular weight is 401 g/mol. The lowest BCUT2D eigenvalue weighted by Gasteiger charge is -2.34. The Labute approximate surface area is 171 Å². The topological polar surface area (TPSA) is 44.8 Å². The lowest BCUT2D eigenvalue weighted by atomic mass is 9.82. The number of esters is 1. The van der Waals surface area contributed by atoms with E-state index in [-0.39, 0.29) is 11.4 Å². The van der Waals surface area contributed by atoms with Gasteiger partial charge in [-0.25, -0.2) is 0 Å². The lowest BCUT2D eigenvalue weighted by molar-refractivity contribution is -0.156. The van der Waals surface area contributed by atoms with E-state index in [1.54, 1.807) is 11.8 Å². The molecule has 0 unspecified atom stereocenters. The molecule has 2 aromatic carbocycles. The zero-order valence-electron chi connectivity index (χ0n) is 16.4. The van der Waals surface area contributed by atoms with Crippen LogP contribution < -0.4 is 4.74 Å². The molecular formula is C23H28O4S. The molecule has 4 nitrogen and oxygen atoms in total. The molecule has 0 amide bonds. The molecule has 0 radical (unpaired) electrons. The first-order valence-corrected chi connectivity index (χ1v) is 10.9. The average Bonchev–Trinajstić information content (AvgIpc) is 2.77. The highest BCUT2D eigenvalue weighted by atomic mass is 32.2. The lowest BCUT2D eigenvalue weighted by Crippen LogP contribution is -2.40. The number of carbonyl (C=O) groups is 1. The van der Waals surface area contributed by atoms with Gasteiger partial charge in [-0.1, -0.05) is 42.5 Å². The van der Waals surface area contributed by atoms with Gasteiger partial charge in [0.2, 0.25) is 0 Å². The Morgan fingerprint density at radius 1 is 1.04 bits per heavy atom. The maximum absolute atomic E-state index is 12.2. The largest absolute Gasteiger partial charge is 0.494 e. The molecule has 5 heteroatoms. The Hall–Kier alpha value is -1.98. The van der Waals surface area contributed by atoms with Crippen LogP contribution in [0.5, 0.6) is 5.75 Å². The Morgan fingerprint density at radius 3 is 2.39 bits per heavy atom. The summed E-state index contributed by atoms with van der Waals surface area (Å²) in [6, 6.07) is 18.5. The number of hydrogen-bond acceptors (Lipinski definition) is 5. The molecule has 1 heterocycles. The highest BCUT2D eigenvalue weighted by Crippen LogP contribution is 2.35. The molecule has 0 bridgehead atoms. The van der Waals surface area contributed by atoms with E-state index in [2.05, 4.69) is 24.3 Å². The fourth-order valence-corrected chi connectivity index (χ4v) is 4.64. The Kier molecular flexibility index (Phi) is 7.80. The van der Waals surface area contributed by atoms with E-state index < -0.39 is 0 Å². The number of benzene rings is 2. The molecule has 150 valence electrons. The number of methoxy groups -OCH3 is 1. The van der Waals surface area contributed by atoms with Gasteiger partial charge in [0.1, 0.15) is 5.75 Å². The number of rotatable bonds is 9. The predicted molar refractivity (Wildman–Crippen MR) is 114 cm³/mol. The highest BCUT2D eigenvalue weighted by molar-refractivity contribution is 7.99. The molecule has 1 aliphatic rings. The molecule has 1 aliphatic heterocycles. The van der Waals surface area contributed by atoms with E-state index in [1.165, 1.54) is 18.2 Å². The maximum atomic E-state index is 12.2. The van der Waals surface area contributed by atoms with Crippen LogP contribution in [0.2, 0.25) is 0 Å². The van der Waals surface area contributed by atoms with E-state index in [9.17, 15) is 4.79 Å². The normalized spacial score (nSPS) is 15.8. The van der Waals surface area contributed by atoms with Crippen molar-refractivity contribution in [1.82, 2.24) is 0 Å². The second-order valence-corrected chi connectivity index (χ2v) is 8.13. The van der Waals surface area contributed by atoms with Crippen LogP contribution in [0, 0.1) is 5.41 Å². The molecule has 28 heavy (non-hydrogen) atoms. The smallest absolute Gasteiger partial charge is 0.312 e. The summed E-state index contributed by atoms with van der Waals surface area (Å²) >= 11 is 1.80. The van der Waals surface area contributed by atoms with Crippen molar-refractivity contribution in [2.24, 2.45) is 5.41 Å². The van der Waals surface area contributed by atoms with Crippen molar-refractivity contribution < 1.29 is 19.0 Å².